The number of hydrogen-bond acceptors (Lipinski definition) is 4. The average molecular weight is 411 g/mol. The van der Waals surface area contributed by atoms with Crippen LogP contribution < -0.4 is 5.32 Å². The molecule has 1 aromatic carbocycles. The quantitative estimate of drug-likeness (QED) is 0.802. The fraction of sp³-hybridized carbons (Fsp3) is 0.435. The van der Waals surface area contributed by atoms with Crippen LogP contribution >= 0.6 is 0 Å². The minimum atomic E-state index is -0.505. The van der Waals surface area contributed by atoms with Gasteiger partial charge in [-0.15, -0.1) is 0 Å². The van der Waals surface area contributed by atoms with Crippen molar-refractivity contribution in [3.63, 3.8) is 0 Å². The standard InChI is InChI=1S/C23H30N4O3/c1-23(2,3)30-22(29)27-14-12-19(13-15-27)26(4)21(28)25-18-10-11-20(24-16-18)17-8-6-5-7-9-17/h5-11,16,19H,12-15H2,1-4H3,(H,25,28). The third-order valence-corrected chi connectivity index (χ3v) is 5.07. The molecule has 2 aromatic rings. The van der Waals surface area contributed by atoms with E-state index < -0.39 is 5.60 Å². The summed E-state index contributed by atoms with van der Waals surface area (Å²) >= 11 is 0. The smallest absolute Gasteiger partial charge is 0.410 e. The van der Waals surface area contributed by atoms with Gasteiger partial charge in [0, 0.05) is 31.7 Å². The normalized spacial score (nSPS) is 14.9. The predicted molar refractivity (Wildman–Crippen MR) is 117 cm³/mol. The Labute approximate surface area is 178 Å². The van der Waals surface area contributed by atoms with Crippen molar-refractivity contribution in [1.29, 1.82) is 0 Å². The number of nitrogens with one attached hydrogen (secondary N) is 1. The van der Waals surface area contributed by atoms with E-state index in [2.05, 4.69) is 10.3 Å². The minimum absolute atomic E-state index is 0.0697. The summed E-state index contributed by atoms with van der Waals surface area (Å²) in [6, 6.07) is 13.5. The van der Waals surface area contributed by atoms with E-state index in [1.165, 1.54) is 0 Å². The summed E-state index contributed by atoms with van der Waals surface area (Å²) in [5, 5.41) is 2.90. The van der Waals surface area contributed by atoms with E-state index in [1.807, 2.05) is 63.2 Å². The molecule has 1 aliphatic heterocycles. The van der Waals surface area contributed by atoms with Crippen molar-refractivity contribution in [2.45, 2.75) is 45.3 Å². The maximum atomic E-state index is 12.7. The number of ether oxygens (including phenoxy) is 1. The van der Waals surface area contributed by atoms with Crippen LogP contribution in [0.2, 0.25) is 0 Å². The van der Waals surface area contributed by atoms with Gasteiger partial charge in [0.05, 0.1) is 17.6 Å². The Kier molecular flexibility index (Phi) is 6.59. The lowest BCUT2D eigenvalue weighted by Crippen LogP contribution is -2.49. The molecule has 30 heavy (non-hydrogen) atoms. The Balaban J connectivity index is 1.51. The van der Waals surface area contributed by atoms with Gasteiger partial charge in [0.25, 0.3) is 0 Å². The predicted octanol–water partition coefficient (Wildman–Crippen LogP) is 4.61. The van der Waals surface area contributed by atoms with Crippen molar-refractivity contribution in [1.82, 2.24) is 14.8 Å². The summed E-state index contributed by atoms with van der Waals surface area (Å²) in [7, 11) is 1.79. The molecule has 0 saturated carbocycles. The van der Waals surface area contributed by atoms with Crippen LogP contribution in [0.5, 0.6) is 0 Å². The number of piperidine rings is 1. The van der Waals surface area contributed by atoms with Gasteiger partial charge in [-0.25, -0.2) is 9.59 Å². The minimum Gasteiger partial charge on any atom is -0.444 e. The SMILES string of the molecule is CN(C(=O)Nc1ccc(-c2ccccc2)nc1)C1CCN(C(=O)OC(C)(C)C)CC1. The van der Waals surface area contributed by atoms with E-state index in [1.54, 1.807) is 23.0 Å². The number of urea groups is 1. The summed E-state index contributed by atoms with van der Waals surface area (Å²) in [6.07, 6.45) is 2.81. The topological polar surface area (TPSA) is 74.8 Å². The molecule has 0 atom stereocenters. The van der Waals surface area contributed by atoms with Crippen LogP contribution in [-0.2, 0) is 4.74 Å². The zero-order valence-electron chi connectivity index (χ0n) is 18.1. The molecule has 0 spiro atoms. The van der Waals surface area contributed by atoms with Crippen LogP contribution in [0.4, 0.5) is 15.3 Å². The summed E-state index contributed by atoms with van der Waals surface area (Å²) in [4.78, 5) is 32.7. The van der Waals surface area contributed by atoms with Crippen molar-refractivity contribution in [3.8, 4) is 11.3 Å². The summed E-state index contributed by atoms with van der Waals surface area (Å²) in [5.41, 5.74) is 2.03. The molecule has 0 radical (unpaired) electrons. The molecule has 0 bridgehead atoms. The highest BCUT2D eigenvalue weighted by Gasteiger charge is 2.30. The molecule has 0 unspecified atom stereocenters. The third-order valence-electron chi connectivity index (χ3n) is 5.07. The Bertz CT molecular complexity index is 854. The van der Waals surface area contributed by atoms with Gasteiger partial charge in [-0.05, 0) is 45.7 Å². The monoisotopic (exact) mass is 410 g/mol. The maximum Gasteiger partial charge on any atom is 0.410 e. The second-order valence-corrected chi connectivity index (χ2v) is 8.54. The molecule has 3 rings (SSSR count). The number of pyridine rings is 1. The first-order chi connectivity index (χ1) is 14.2. The number of rotatable bonds is 3. The molecule has 7 heteroatoms. The van der Waals surface area contributed by atoms with Crippen molar-refractivity contribution >= 4 is 17.8 Å². The Morgan fingerprint density at radius 2 is 1.77 bits per heavy atom. The van der Waals surface area contributed by atoms with E-state index in [4.69, 9.17) is 4.74 Å². The van der Waals surface area contributed by atoms with Crippen LogP contribution in [0.1, 0.15) is 33.6 Å². The third kappa shape index (κ3) is 5.72. The Morgan fingerprint density at radius 1 is 1.10 bits per heavy atom. The van der Waals surface area contributed by atoms with Gasteiger partial charge in [-0.2, -0.15) is 0 Å². The molecule has 2 heterocycles. The van der Waals surface area contributed by atoms with Gasteiger partial charge in [0.15, 0.2) is 0 Å². The van der Waals surface area contributed by atoms with Crippen molar-refractivity contribution in [3.05, 3.63) is 48.7 Å². The summed E-state index contributed by atoms with van der Waals surface area (Å²) in [6.45, 7) is 6.72. The van der Waals surface area contributed by atoms with Crippen LogP contribution in [0.15, 0.2) is 48.7 Å². The largest absolute Gasteiger partial charge is 0.444 e. The zero-order valence-corrected chi connectivity index (χ0v) is 18.1. The lowest BCUT2D eigenvalue weighted by Gasteiger charge is -2.37. The van der Waals surface area contributed by atoms with E-state index in [9.17, 15) is 9.59 Å². The number of likely N-dealkylation sites (tertiary alicyclic amines) is 1. The number of hydrogen-bond donors (Lipinski definition) is 1. The Hall–Kier alpha value is -3.09. The second-order valence-electron chi connectivity index (χ2n) is 8.54. The molecular weight excluding hydrogens is 380 g/mol. The van der Waals surface area contributed by atoms with Gasteiger partial charge in [0.1, 0.15) is 5.60 Å². The zero-order chi connectivity index (χ0) is 21.7. The second kappa shape index (κ2) is 9.15. The molecule has 1 N–H and O–H groups in total. The average Bonchev–Trinajstić information content (AvgIpc) is 2.73. The summed E-state index contributed by atoms with van der Waals surface area (Å²) in [5.74, 6) is 0. The fourth-order valence-corrected chi connectivity index (χ4v) is 3.39. The first-order valence-corrected chi connectivity index (χ1v) is 10.3. The highest BCUT2D eigenvalue weighted by Crippen LogP contribution is 2.21. The molecule has 1 saturated heterocycles. The number of nitrogens with zero attached hydrogens (tertiary/aromatic N) is 3. The fourth-order valence-electron chi connectivity index (χ4n) is 3.39. The number of carbonyl (C=O) groups excluding carboxylic acids is 2. The maximum absolute atomic E-state index is 12.7. The van der Waals surface area contributed by atoms with Crippen molar-refractivity contribution < 1.29 is 14.3 Å². The molecule has 160 valence electrons. The number of aromatic nitrogens is 1. The summed E-state index contributed by atoms with van der Waals surface area (Å²) < 4.78 is 5.43. The number of anilines is 1. The molecule has 7 nitrogen and oxygen atoms in total. The molecule has 3 amide bonds. The lowest BCUT2D eigenvalue weighted by atomic mass is 10.0. The first-order valence-electron chi connectivity index (χ1n) is 10.3. The number of amides is 3. The highest BCUT2D eigenvalue weighted by molar-refractivity contribution is 5.89. The first kappa shape index (κ1) is 21.6. The van der Waals surface area contributed by atoms with Gasteiger partial charge in [0.2, 0.25) is 0 Å². The van der Waals surface area contributed by atoms with Crippen LogP contribution in [-0.4, -0.2) is 58.7 Å². The van der Waals surface area contributed by atoms with Gasteiger partial charge < -0.3 is 19.9 Å². The van der Waals surface area contributed by atoms with Crippen LogP contribution in [0, 0.1) is 0 Å². The number of benzene rings is 1. The molecule has 1 fully saturated rings. The van der Waals surface area contributed by atoms with Gasteiger partial charge >= 0.3 is 12.1 Å². The Morgan fingerprint density at radius 3 is 2.33 bits per heavy atom. The van der Waals surface area contributed by atoms with E-state index in [0.29, 0.717) is 31.6 Å². The van der Waals surface area contributed by atoms with Crippen LogP contribution in [0.25, 0.3) is 11.3 Å². The van der Waals surface area contributed by atoms with Crippen molar-refractivity contribution in [2.75, 3.05) is 25.5 Å². The van der Waals surface area contributed by atoms with Crippen LogP contribution in [0.3, 0.4) is 0 Å². The van der Waals surface area contributed by atoms with Gasteiger partial charge in [-0.1, -0.05) is 30.3 Å². The van der Waals surface area contributed by atoms with Gasteiger partial charge in [-0.3, -0.25) is 4.98 Å². The highest BCUT2D eigenvalue weighted by atomic mass is 16.6. The lowest BCUT2D eigenvalue weighted by molar-refractivity contribution is 0.0174. The molecule has 1 aromatic heterocycles. The van der Waals surface area contributed by atoms with E-state index in [0.717, 1.165) is 11.3 Å². The van der Waals surface area contributed by atoms with E-state index >= 15 is 0 Å². The molecule has 1 aliphatic rings. The number of carbonyl (C=O) groups is 2. The van der Waals surface area contributed by atoms with E-state index in [-0.39, 0.29) is 18.2 Å². The molecule has 0 aliphatic carbocycles. The molecular formula is C23H30N4O3. The van der Waals surface area contributed by atoms with Crippen molar-refractivity contribution in [2.24, 2.45) is 0 Å².